The molecule has 0 spiro atoms. The van der Waals surface area contributed by atoms with Crippen molar-refractivity contribution in [3.05, 3.63) is 37.0 Å². The molecule has 0 aromatic rings. The van der Waals surface area contributed by atoms with E-state index in [1.807, 2.05) is 32.9 Å². The minimum atomic E-state index is 0.556. The molecule has 0 unspecified atom stereocenters. The molecule has 0 rings (SSSR count). The maximum atomic E-state index is 4.85. The first-order valence-corrected chi connectivity index (χ1v) is 5.29. The van der Waals surface area contributed by atoms with E-state index < -0.39 is 0 Å². The molecule has 1 heteroatoms. The highest BCUT2D eigenvalue weighted by Crippen LogP contribution is 2.09. The summed E-state index contributed by atoms with van der Waals surface area (Å²) in [4.78, 5) is 0. The van der Waals surface area contributed by atoms with Crippen molar-refractivity contribution in [3.63, 3.8) is 0 Å². The molecule has 0 heterocycles. The zero-order valence-corrected chi connectivity index (χ0v) is 10.5. The van der Waals surface area contributed by atoms with Crippen LogP contribution in [0.3, 0.4) is 0 Å². The van der Waals surface area contributed by atoms with Crippen LogP contribution in [0.5, 0.6) is 0 Å². The van der Waals surface area contributed by atoms with E-state index in [0.717, 1.165) is 6.54 Å². The molecule has 1 nitrogen and oxygen atoms in total. The SMILES string of the molecule is C=C/C=C(\C=C)C(C)C.CC.CCN. The number of hydrogen-bond donors (Lipinski definition) is 1. The Labute approximate surface area is 90.4 Å². The van der Waals surface area contributed by atoms with Crippen LogP contribution in [0, 0.1) is 5.92 Å². The summed E-state index contributed by atoms with van der Waals surface area (Å²) < 4.78 is 0. The molecule has 0 aromatic carbocycles. The molecule has 0 bridgehead atoms. The van der Waals surface area contributed by atoms with Crippen LogP contribution < -0.4 is 5.73 Å². The van der Waals surface area contributed by atoms with E-state index in [2.05, 4.69) is 27.0 Å². The minimum Gasteiger partial charge on any atom is -0.331 e. The smallest absolute Gasteiger partial charge is 0.0106 e. The number of nitrogens with two attached hydrogens (primary N) is 1. The van der Waals surface area contributed by atoms with Crippen molar-refractivity contribution in [2.24, 2.45) is 11.7 Å². The fraction of sp³-hybridized carbons (Fsp3) is 0.538. The summed E-state index contributed by atoms with van der Waals surface area (Å²) in [6, 6.07) is 0. The fourth-order valence-electron chi connectivity index (χ4n) is 0.632. The van der Waals surface area contributed by atoms with Gasteiger partial charge in [0.25, 0.3) is 0 Å². The molecule has 0 aliphatic rings. The number of allylic oxidation sites excluding steroid dienone is 4. The minimum absolute atomic E-state index is 0.556. The lowest BCUT2D eigenvalue weighted by atomic mass is 10.0. The topological polar surface area (TPSA) is 26.0 Å². The van der Waals surface area contributed by atoms with Gasteiger partial charge < -0.3 is 5.73 Å². The summed E-state index contributed by atoms with van der Waals surface area (Å²) >= 11 is 0. The van der Waals surface area contributed by atoms with E-state index in [1.165, 1.54) is 5.57 Å². The van der Waals surface area contributed by atoms with Crippen molar-refractivity contribution in [1.29, 1.82) is 0 Å². The predicted octanol–water partition coefficient (Wildman–Crippen LogP) is 3.93. The number of hydrogen-bond acceptors (Lipinski definition) is 1. The van der Waals surface area contributed by atoms with Crippen LogP contribution in [-0.4, -0.2) is 6.54 Å². The van der Waals surface area contributed by atoms with E-state index in [1.54, 1.807) is 6.08 Å². The molecule has 0 aromatic heterocycles. The first-order chi connectivity index (χ1) is 6.63. The molecular weight excluding hydrogens is 170 g/mol. The predicted molar refractivity (Wildman–Crippen MR) is 69.4 cm³/mol. The Hall–Kier alpha value is -0.820. The average molecular weight is 197 g/mol. The van der Waals surface area contributed by atoms with Crippen LogP contribution in [0.1, 0.15) is 34.6 Å². The first-order valence-electron chi connectivity index (χ1n) is 5.29. The summed E-state index contributed by atoms with van der Waals surface area (Å²) in [5.41, 5.74) is 6.09. The van der Waals surface area contributed by atoms with E-state index in [-0.39, 0.29) is 0 Å². The second-order valence-corrected chi connectivity index (χ2v) is 2.67. The highest BCUT2D eigenvalue weighted by molar-refractivity contribution is 5.22. The van der Waals surface area contributed by atoms with E-state index in [9.17, 15) is 0 Å². The van der Waals surface area contributed by atoms with E-state index in [0.29, 0.717) is 5.92 Å². The second kappa shape index (κ2) is 18.1. The first kappa shape index (κ1) is 18.9. The van der Waals surface area contributed by atoms with Gasteiger partial charge in [-0.15, -0.1) is 0 Å². The Kier molecular flexibility index (Phi) is 24.3. The lowest BCUT2D eigenvalue weighted by Crippen LogP contribution is -1.87. The van der Waals surface area contributed by atoms with Gasteiger partial charge >= 0.3 is 0 Å². The molecule has 2 N–H and O–H groups in total. The van der Waals surface area contributed by atoms with Crippen LogP contribution in [0.2, 0.25) is 0 Å². The second-order valence-electron chi connectivity index (χ2n) is 2.67. The zero-order chi connectivity index (χ0) is 12.0. The van der Waals surface area contributed by atoms with Gasteiger partial charge in [0.1, 0.15) is 0 Å². The van der Waals surface area contributed by atoms with Gasteiger partial charge in [0.05, 0.1) is 0 Å². The summed E-state index contributed by atoms with van der Waals surface area (Å²) in [5.74, 6) is 0.556. The van der Waals surface area contributed by atoms with E-state index >= 15 is 0 Å². The maximum Gasteiger partial charge on any atom is -0.0106 e. The lowest BCUT2D eigenvalue weighted by Gasteiger charge is -2.02. The maximum absolute atomic E-state index is 4.85. The standard InChI is InChI=1S/C9H14.C2H7N.C2H6/c1-5-7-9(6-2)8(3)4;1-2-3;1-2/h5-8H,1-2H2,3-4H3;2-3H2,1H3;1-2H3/b9-7+;;. The molecular formula is C13H27N. The van der Waals surface area contributed by atoms with Crippen LogP contribution >= 0.6 is 0 Å². The van der Waals surface area contributed by atoms with Gasteiger partial charge in [0.15, 0.2) is 0 Å². The van der Waals surface area contributed by atoms with Gasteiger partial charge in [-0.2, -0.15) is 0 Å². The van der Waals surface area contributed by atoms with Crippen molar-refractivity contribution >= 4 is 0 Å². The van der Waals surface area contributed by atoms with Crippen LogP contribution in [0.4, 0.5) is 0 Å². The van der Waals surface area contributed by atoms with Gasteiger partial charge in [-0.1, -0.05) is 66.0 Å². The summed E-state index contributed by atoms with van der Waals surface area (Å²) in [7, 11) is 0. The van der Waals surface area contributed by atoms with Crippen molar-refractivity contribution in [2.75, 3.05) is 6.54 Å². The quantitative estimate of drug-likeness (QED) is 0.682. The highest BCUT2D eigenvalue weighted by Gasteiger charge is 1.94. The molecule has 84 valence electrons. The van der Waals surface area contributed by atoms with Crippen LogP contribution in [-0.2, 0) is 0 Å². The van der Waals surface area contributed by atoms with Crippen LogP contribution in [0.15, 0.2) is 37.0 Å². The highest BCUT2D eigenvalue weighted by atomic mass is 14.5. The molecule has 0 fully saturated rings. The molecule has 0 saturated heterocycles. The van der Waals surface area contributed by atoms with Gasteiger partial charge in [-0.05, 0) is 18.0 Å². The molecule has 0 amide bonds. The summed E-state index contributed by atoms with van der Waals surface area (Å²) in [6.07, 6.45) is 5.64. The molecule has 0 aliphatic heterocycles. The van der Waals surface area contributed by atoms with Gasteiger partial charge in [0, 0.05) is 0 Å². The Morgan fingerprint density at radius 2 is 1.64 bits per heavy atom. The van der Waals surface area contributed by atoms with Crippen molar-refractivity contribution in [3.8, 4) is 0 Å². The lowest BCUT2D eigenvalue weighted by molar-refractivity contribution is 0.792. The molecule has 0 atom stereocenters. The van der Waals surface area contributed by atoms with Gasteiger partial charge in [0.2, 0.25) is 0 Å². The average Bonchev–Trinajstić information content (AvgIpc) is 2.18. The van der Waals surface area contributed by atoms with Crippen LogP contribution in [0.25, 0.3) is 0 Å². The number of rotatable bonds is 3. The fourth-order valence-corrected chi connectivity index (χ4v) is 0.632. The monoisotopic (exact) mass is 197 g/mol. The third kappa shape index (κ3) is 17.3. The van der Waals surface area contributed by atoms with Gasteiger partial charge in [-0.3, -0.25) is 0 Å². The Morgan fingerprint density at radius 3 is 1.71 bits per heavy atom. The Bertz CT molecular complexity index is 143. The van der Waals surface area contributed by atoms with Crippen molar-refractivity contribution < 1.29 is 0 Å². The molecule has 14 heavy (non-hydrogen) atoms. The molecule has 0 radical (unpaired) electrons. The third-order valence-electron chi connectivity index (χ3n) is 1.21. The zero-order valence-electron chi connectivity index (χ0n) is 10.5. The van der Waals surface area contributed by atoms with Gasteiger partial charge in [-0.25, -0.2) is 0 Å². The van der Waals surface area contributed by atoms with E-state index in [4.69, 9.17) is 5.73 Å². The Balaban J connectivity index is -0.000000205. The summed E-state index contributed by atoms with van der Waals surface area (Å²) in [5, 5.41) is 0. The Morgan fingerprint density at radius 1 is 1.29 bits per heavy atom. The van der Waals surface area contributed by atoms with Crippen molar-refractivity contribution in [1.82, 2.24) is 0 Å². The summed E-state index contributed by atoms with van der Waals surface area (Å²) in [6.45, 7) is 18.2. The largest absolute Gasteiger partial charge is 0.331 e. The third-order valence-corrected chi connectivity index (χ3v) is 1.21. The van der Waals surface area contributed by atoms with Crippen molar-refractivity contribution in [2.45, 2.75) is 34.6 Å². The molecule has 0 aliphatic carbocycles. The normalized spacial score (nSPS) is 9.21. The molecule has 0 saturated carbocycles.